The molecular weight excluding hydrogens is 479 g/mol. The smallest absolute Gasteiger partial charge is 0.228 e. The van der Waals surface area contributed by atoms with Crippen LogP contribution in [0.5, 0.6) is 0 Å². The molecule has 2 aromatic heterocycles. The third kappa shape index (κ3) is 5.03. The summed E-state index contributed by atoms with van der Waals surface area (Å²) in [7, 11) is 0. The van der Waals surface area contributed by atoms with Crippen molar-refractivity contribution in [1.82, 2.24) is 15.0 Å². The maximum atomic E-state index is 13.6. The van der Waals surface area contributed by atoms with E-state index in [-0.39, 0.29) is 17.8 Å². The molecule has 8 nitrogen and oxygen atoms in total. The first kappa shape index (κ1) is 25.6. The number of pyridine rings is 1. The Bertz CT molecular complexity index is 1350. The summed E-state index contributed by atoms with van der Waals surface area (Å²) in [6.45, 7) is 9.38. The molecule has 2 unspecified atom stereocenters. The highest BCUT2D eigenvalue weighted by Crippen LogP contribution is 2.32. The Balaban J connectivity index is 1.47. The predicted molar refractivity (Wildman–Crippen MR) is 149 cm³/mol. The number of nitrogens with one attached hydrogen (secondary N) is 1. The van der Waals surface area contributed by atoms with Crippen molar-refractivity contribution < 1.29 is 4.39 Å². The van der Waals surface area contributed by atoms with E-state index in [0.717, 1.165) is 47.8 Å². The Kier molecular flexibility index (Phi) is 7.23. The number of piperazine rings is 1. The second kappa shape index (κ2) is 10.7. The van der Waals surface area contributed by atoms with Gasteiger partial charge in [-0.15, -0.1) is 0 Å². The van der Waals surface area contributed by atoms with Gasteiger partial charge in [-0.2, -0.15) is 10.2 Å². The van der Waals surface area contributed by atoms with Gasteiger partial charge in [-0.1, -0.05) is 13.0 Å². The van der Waals surface area contributed by atoms with Crippen LogP contribution in [0.3, 0.4) is 0 Å². The highest BCUT2D eigenvalue weighted by Gasteiger charge is 2.30. The van der Waals surface area contributed by atoms with Crippen LogP contribution in [0.4, 0.5) is 22.0 Å². The number of aromatic nitrogens is 3. The fraction of sp³-hybridized carbons (Fsp3) is 0.414. The largest absolute Gasteiger partial charge is 0.353 e. The highest BCUT2D eigenvalue weighted by molar-refractivity contribution is 5.70. The van der Waals surface area contributed by atoms with Crippen LogP contribution < -0.4 is 14.7 Å². The van der Waals surface area contributed by atoms with Crippen molar-refractivity contribution in [3.05, 3.63) is 59.5 Å². The van der Waals surface area contributed by atoms with Crippen molar-refractivity contribution in [2.24, 2.45) is 0 Å². The van der Waals surface area contributed by atoms with Gasteiger partial charge < -0.3 is 20.1 Å². The van der Waals surface area contributed by atoms with Crippen molar-refractivity contribution in [2.45, 2.75) is 51.6 Å². The van der Waals surface area contributed by atoms with Gasteiger partial charge in [0, 0.05) is 67.6 Å². The van der Waals surface area contributed by atoms with Gasteiger partial charge in [0.1, 0.15) is 29.2 Å². The van der Waals surface area contributed by atoms with E-state index in [1.165, 1.54) is 18.3 Å². The quantitative estimate of drug-likeness (QED) is 0.464. The number of halogens is 1. The summed E-state index contributed by atoms with van der Waals surface area (Å²) in [5, 5.41) is 17.2. The monoisotopic (exact) mass is 512 g/mol. The molecule has 0 aliphatic carbocycles. The van der Waals surface area contributed by atoms with Gasteiger partial charge in [0.25, 0.3) is 0 Å². The second-order valence-electron chi connectivity index (χ2n) is 10.3. The van der Waals surface area contributed by atoms with Crippen LogP contribution in [0.2, 0.25) is 0 Å². The number of rotatable bonds is 6. The van der Waals surface area contributed by atoms with Crippen LogP contribution in [0.15, 0.2) is 42.5 Å². The molecule has 4 heterocycles. The number of benzene rings is 1. The van der Waals surface area contributed by atoms with E-state index in [4.69, 9.17) is 15.4 Å². The van der Waals surface area contributed by atoms with Gasteiger partial charge in [0.2, 0.25) is 5.95 Å². The first-order chi connectivity index (χ1) is 18.4. The minimum atomic E-state index is -0.271. The lowest BCUT2D eigenvalue weighted by atomic mass is 10.0. The zero-order valence-electron chi connectivity index (χ0n) is 22.1. The van der Waals surface area contributed by atoms with Crippen LogP contribution in [0, 0.1) is 22.6 Å². The first-order valence-corrected chi connectivity index (χ1v) is 13.2. The number of nitriles is 1. The van der Waals surface area contributed by atoms with Gasteiger partial charge in [-0.3, -0.25) is 0 Å². The van der Waals surface area contributed by atoms with Crippen molar-refractivity contribution in [3.8, 4) is 17.3 Å². The zero-order valence-corrected chi connectivity index (χ0v) is 22.1. The van der Waals surface area contributed by atoms with Crippen LogP contribution in [0.1, 0.15) is 50.8 Å². The van der Waals surface area contributed by atoms with Gasteiger partial charge >= 0.3 is 0 Å². The Morgan fingerprint density at radius 1 is 1.03 bits per heavy atom. The molecule has 3 aromatic rings. The van der Waals surface area contributed by atoms with E-state index in [1.807, 2.05) is 19.1 Å². The molecule has 5 rings (SSSR count). The molecule has 2 saturated heterocycles. The fourth-order valence-corrected chi connectivity index (χ4v) is 5.41. The maximum Gasteiger partial charge on any atom is 0.228 e. The molecule has 0 spiro atoms. The van der Waals surface area contributed by atoms with Crippen LogP contribution >= 0.6 is 0 Å². The normalized spacial score (nSPS) is 20.3. The molecule has 0 radical (unpaired) electrons. The Hall–Kier alpha value is -4.06. The summed E-state index contributed by atoms with van der Waals surface area (Å²) in [5.74, 6) is 1.97. The minimum absolute atomic E-state index is 0.0938. The fourth-order valence-electron chi connectivity index (χ4n) is 5.41. The first-order valence-electron chi connectivity index (χ1n) is 13.2. The van der Waals surface area contributed by atoms with E-state index in [2.05, 4.69) is 39.6 Å². The number of nitrogens with zero attached hydrogens (tertiary/aromatic N) is 7. The van der Waals surface area contributed by atoms with Crippen LogP contribution in [-0.4, -0.2) is 59.4 Å². The third-order valence-electron chi connectivity index (χ3n) is 7.63. The van der Waals surface area contributed by atoms with E-state index in [0.29, 0.717) is 37.3 Å². The standard InChI is InChI=1S/C29H33FN8/c1-19(16-31)25-11-10-24(17-32)33-28(25)36-13-14-37(21(3)18-36)27-15-26(22-6-8-23(30)9-7-22)34-29(35-27)38-12-4-5-20(38)2/h6-11,15-16,19-21,31H,4-5,12-14,18H2,1-3H3/t19?,20?,21-/m1/s1. The molecule has 196 valence electrons. The van der Waals surface area contributed by atoms with E-state index in [9.17, 15) is 9.65 Å². The number of anilines is 3. The van der Waals surface area contributed by atoms with Crippen LogP contribution in [-0.2, 0) is 0 Å². The molecule has 38 heavy (non-hydrogen) atoms. The summed E-state index contributed by atoms with van der Waals surface area (Å²) >= 11 is 0. The molecule has 9 heteroatoms. The van der Waals surface area contributed by atoms with E-state index >= 15 is 0 Å². The summed E-state index contributed by atoms with van der Waals surface area (Å²) < 4.78 is 13.6. The summed E-state index contributed by atoms with van der Waals surface area (Å²) in [5.41, 5.74) is 2.96. The lowest BCUT2D eigenvalue weighted by molar-refractivity contribution is 0.540. The third-order valence-corrected chi connectivity index (χ3v) is 7.63. The lowest BCUT2D eigenvalue weighted by Crippen LogP contribution is -2.53. The zero-order chi connectivity index (χ0) is 26.8. The molecule has 2 aliphatic rings. The Morgan fingerprint density at radius 3 is 2.47 bits per heavy atom. The van der Waals surface area contributed by atoms with E-state index in [1.54, 1.807) is 18.2 Å². The van der Waals surface area contributed by atoms with Crippen molar-refractivity contribution in [2.75, 3.05) is 40.9 Å². The number of hydrogen-bond acceptors (Lipinski definition) is 8. The molecule has 2 aliphatic heterocycles. The molecule has 1 aromatic carbocycles. The van der Waals surface area contributed by atoms with Crippen molar-refractivity contribution in [1.29, 1.82) is 10.7 Å². The molecule has 0 bridgehead atoms. The van der Waals surface area contributed by atoms with Crippen molar-refractivity contribution in [3.63, 3.8) is 0 Å². The average molecular weight is 513 g/mol. The molecular formula is C29H33FN8. The van der Waals surface area contributed by atoms with Gasteiger partial charge in [0.15, 0.2) is 0 Å². The molecule has 2 fully saturated rings. The lowest BCUT2D eigenvalue weighted by Gasteiger charge is -2.42. The molecule has 1 N–H and O–H groups in total. The maximum absolute atomic E-state index is 13.6. The summed E-state index contributed by atoms with van der Waals surface area (Å²) in [6, 6.07) is 14.7. The Morgan fingerprint density at radius 2 is 1.82 bits per heavy atom. The van der Waals surface area contributed by atoms with Crippen molar-refractivity contribution >= 4 is 23.8 Å². The van der Waals surface area contributed by atoms with Gasteiger partial charge in [0.05, 0.1) is 5.69 Å². The van der Waals surface area contributed by atoms with Gasteiger partial charge in [-0.05, 0) is 57.0 Å². The molecule has 0 saturated carbocycles. The number of hydrogen-bond donors (Lipinski definition) is 1. The van der Waals surface area contributed by atoms with Gasteiger partial charge in [-0.25, -0.2) is 14.4 Å². The van der Waals surface area contributed by atoms with E-state index < -0.39 is 0 Å². The van der Waals surface area contributed by atoms with Crippen LogP contribution in [0.25, 0.3) is 11.3 Å². The Labute approximate surface area is 223 Å². The summed E-state index contributed by atoms with van der Waals surface area (Å²) in [4.78, 5) is 21.3. The summed E-state index contributed by atoms with van der Waals surface area (Å²) in [6.07, 6.45) is 3.63. The minimum Gasteiger partial charge on any atom is -0.353 e. The molecule has 3 atom stereocenters. The molecule has 0 amide bonds. The topological polar surface area (TPSA) is 96.0 Å². The highest BCUT2D eigenvalue weighted by atomic mass is 19.1. The average Bonchev–Trinajstić information content (AvgIpc) is 3.38. The SMILES string of the molecule is CC(C=N)c1ccc(C#N)nc1N1CCN(c2cc(-c3ccc(F)cc3)nc(N3CCCC3C)n2)[C@H](C)C1. The predicted octanol–water partition coefficient (Wildman–Crippen LogP) is 5.01. The second-order valence-corrected chi connectivity index (χ2v) is 10.3.